The van der Waals surface area contributed by atoms with Crippen molar-refractivity contribution in [2.45, 2.75) is 20.3 Å². The standard InChI is InChI=1S/C20H23ClN2O2/c1-14-11-17(23-7-9-25-10-8-23)12-15(2)20(14)22-19(24)13-16-5-3-4-6-18(16)21/h3-6,11-12H,7-10,13H2,1-2H3,(H,22,24). The lowest BCUT2D eigenvalue weighted by Crippen LogP contribution is -2.36. The summed E-state index contributed by atoms with van der Waals surface area (Å²) in [5, 5.41) is 3.66. The van der Waals surface area contributed by atoms with Gasteiger partial charge in [0.05, 0.1) is 19.6 Å². The monoisotopic (exact) mass is 358 g/mol. The largest absolute Gasteiger partial charge is 0.378 e. The van der Waals surface area contributed by atoms with Gasteiger partial charge >= 0.3 is 0 Å². The second-order valence-corrected chi connectivity index (χ2v) is 6.78. The molecule has 1 amide bonds. The number of nitrogens with zero attached hydrogens (tertiary/aromatic N) is 1. The van der Waals surface area contributed by atoms with Crippen LogP contribution in [-0.2, 0) is 16.0 Å². The predicted molar refractivity (Wildman–Crippen MR) is 103 cm³/mol. The third-order valence-electron chi connectivity index (χ3n) is 4.47. The lowest BCUT2D eigenvalue weighted by Gasteiger charge is -2.30. The number of hydrogen-bond acceptors (Lipinski definition) is 3. The molecule has 1 aliphatic rings. The van der Waals surface area contributed by atoms with E-state index in [0.717, 1.165) is 48.7 Å². The third kappa shape index (κ3) is 4.33. The molecule has 1 saturated heterocycles. The molecule has 132 valence electrons. The maximum atomic E-state index is 12.4. The zero-order valence-electron chi connectivity index (χ0n) is 14.6. The van der Waals surface area contributed by atoms with Gasteiger partial charge in [0.25, 0.3) is 0 Å². The Balaban J connectivity index is 1.74. The number of halogens is 1. The minimum Gasteiger partial charge on any atom is -0.378 e. The Morgan fingerprint density at radius 1 is 1.16 bits per heavy atom. The number of amides is 1. The van der Waals surface area contributed by atoms with Gasteiger partial charge in [-0.1, -0.05) is 29.8 Å². The van der Waals surface area contributed by atoms with Crippen LogP contribution in [0.2, 0.25) is 5.02 Å². The topological polar surface area (TPSA) is 41.6 Å². The summed E-state index contributed by atoms with van der Waals surface area (Å²) in [5.41, 5.74) is 5.03. The zero-order valence-corrected chi connectivity index (χ0v) is 15.4. The third-order valence-corrected chi connectivity index (χ3v) is 4.84. The van der Waals surface area contributed by atoms with Crippen LogP contribution in [0.5, 0.6) is 0 Å². The van der Waals surface area contributed by atoms with Crippen LogP contribution in [0.3, 0.4) is 0 Å². The lowest BCUT2D eigenvalue weighted by atomic mass is 10.1. The second-order valence-electron chi connectivity index (χ2n) is 6.37. The van der Waals surface area contributed by atoms with E-state index in [1.807, 2.05) is 32.0 Å². The molecule has 2 aromatic carbocycles. The number of hydrogen-bond donors (Lipinski definition) is 1. The Bertz CT molecular complexity index is 747. The van der Waals surface area contributed by atoms with E-state index in [2.05, 4.69) is 22.3 Å². The number of anilines is 2. The van der Waals surface area contributed by atoms with Crippen molar-refractivity contribution >= 4 is 28.9 Å². The number of nitrogens with one attached hydrogen (secondary N) is 1. The summed E-state index contributed by atoms with van der Waals surface area (Å²) in [5.74, 6) is -0.0570. The van der Waals surface area contributed by atoms with Gasteiger partial charge in [0.2, 0.25) is 5.91 Å². The molecule has 25 heavy (non-hydrogen) atoms. The van der Waals surface area contributed by atoms with Crippen LogP contribution in [0.4, 0.5) is 11.4 Å². The molecule has 0 unspecified atom stereocenters. The highest BCUT2D eigenvalue weighted by atomic mass is 35.5. The number of ether oxygens (including phenoxy) is 1. The molecular formula is C20H23ClN2O2. The van der Waals surface area contributed by atoms with Crippen molar-refractivity contribution in [1.82, 2.24) is 0 Å². The smallest absolute Gasteiger partial charge is 0.228 e. The average Bonchev–Trinajstić information content (AvgIpc) is 2.61. The Kier molecular flexibility index (Phi) is 5.61. The predicted octanol–water partition coefficient (Wildman–Crippen LogP) is 3.97. The van der Waals surface area contributed by atoms with E-state index in [9.17, 15) is 4.79 Å². The van der Waals surface area contributed by atoms with E-state index in [1.165, 1.54) is 5.69 Å². The van der Waals surface area contributed by atoms with Gasteiger partial charge in [0.1, 0.15) is 0 Å². The van der Waals surface area contributed by atoms with Crippen LogP contribution in [-0.4, -0.2) is 32.2 Å². The van der Waals surface area contributed by atoms with Crippen molar-refractivity contribution in [1.29, 1.82) is 0 Å². The molecule has 1 N–H and O–H groups in total. The molecule has 3 rings (SSSR count). The molecule has 1 heterocycles. The summed E-state index contributed by atoms with van der Waals surface area (Å²) < 4.78 is 5.41. The highest BCUT2D eigenvalue weighted by Gasteiger charge is 2.15. The van der Waals surface area contributed by atoms with Gasteiger partial charge in [-0.05, 0) is 48.7 Å². The summed E-state index contributed by atoms with van der Waals surface area (Å²) in [6.45, 7) is 7.38. The van der Waals surface area contributed by atoms with Crippen molar-refractivity contribution < 1.29 is 9.53 Å². The van der Waals surface area contributed by atoms with Crippen LogP contribution in [0, 0.1) is 13.8 Å². The Morgan fingerprint density at radius 3 is 2.44 bits per heavy atom. The number of rotatable bonds is 4. The quantitative estimate of drug-likeness (QED) is 0.899. The molecule has 0 radical (unpaired) electrons. The molecule has 0 spiro atoms. The maximum Gasteiger partial charge on any atom is 0.228 e. The molecule has 1 aliphatic heterocycles. The fraction of sp³-hybridized carbons (Fsp3) is 0.350. The summed E-state index contributed by atoms with van der Waals surface area (Å²) in [4.78, 5) is 14.7. The Morgan fingerprint density at radius 2 is 1.80 bits per heavy atom. The summed E-state index contributed by atoms with van der Waals surface area (Å²) >= 11 is 6.14. The molecule has 0 atom stereocenters. The van der Waals surface area contributed by atoms with Crippen molar-refractivity contribution in [3.63, 3.8) is 0 Å². The second kappa shape index (κ2) is 7.89. The summed E-state index contributed by atoms with van der Waals surface area (Å²) in [6, 6.07) is 11.7. The molecule has 0 aromatic heterocycles. The Labute approximate surface area is 153 Å². The van der Waals surface area contributed by atoms with E-state index in [-0.39, 0.29) is 12.3 Å². The SMILES string of the molecule is Cc1cc(N2CCOCC2)cc(C)c1NC(=O)Cc1ccccc1Cl. The van der Waals surface area contributed by atoms with Crippen LogP contribution in [0.25, 0.3) is 0 Å². The first-order chi connectivity index (χ1) is 12.0. The number of morpholine rings is 1. The molecule has 0 bridgehead atoms. The van der Waals surface area contributed by atoms with Gasteiger partial charge in [-0.3, -0.25) is 4.79 Å². The van der Waals surface area contributed by atoms with Gasteiger partial charge in [0.15, 0.2) is 0 Å². The van der Waals surface area contributed by atoms with Gasteiger partial charge in [-0.2, -0.15) is 0 Å². The molecule has 0 aliphatic carbocycles. The van der Waals surface area contributed by atoms with Crippen LogP contribution < -0.4 is 10.2 Å². The normalized spacial score (nSPS) is 14.4. The lowest BCUT2D eigenvalue weighted by molar-refractivity contribution is -0.115. The van der Waals surface area contributed by atoms with Crippen LogP contribution >= 0.6 is 11.6 Å². The van der Waals surface area contributed by atoms with Crippen molar-refractivity contribution in [3.8, 4) is 0 Å². The van der Waals surface area contributed by atoms with Gasteiger partial charge in [-0.15, -0.1) is 0 Å². The van der Waals surface area contributed by atoms with Gasteiger partial charge in [0, 0.05) is 29.5 Å². The van der Waals surface area contributed by atoms with Crippen molar-refractivity contribution in [2.75, 3.05) is 36.5 Å². The van der Waals surface area contributed by atoms with E-state index in [4.69, 9.17) is 16.3 Å². The minimum absolute atomic E-state index is 0.0570. The molecule has 1 fully saturated rings. The van der Waals surface area contributed by atoms with Gasteiger partial charge < -0.3 is 15.0 Å². The van der Waals surface area contributed by atoms with Gasteiger partial charge in [-0.25, -0.2) is 0 Å². The fourth-order valence-electron chi connectivity index (χ4n) is 3.14. The molecule has 5 heteroatoms. The molecule has 0 saturated carbocycles. The summed E-state index contributed by atoms with van der Waals surface area (Å²) in [7, 11) is 0. The van der Waals surface area contributed by atoms with Crippen molar-refractivity contribution in [2.24, 2.45) is 0 Å². The number of benzene rings is 2. The number of carbonyl (C=O) groups excluding carboxylic acids is 1. The van der Waals surface area contributed by atoms with E-state index < -0.39 is 0 Å². The average molecular weight is 359 g/mol. The zero-order chi connectivity index (χ0) is 17.8. The fourth-order valence-corrected chi connectivity index (χ4v) is 3.34. The highest BCUT2D eigenvalue weighted by molar-refractivity contribution is 6.31. The van der Waals surface area contributed by atoms with Crippen molar-refractivity contribution in [3.05, 3.63) is 58.1 Å². The van der Waals surface area contributed by atoms with Crippen LogP contribution in [0.1, 0.15) is 16.7 Å². The number of carbonyl (C=O) groups is 1. The summed E-state index contributed by atoms with van der Waals surface area (Å²) in [6.07, 6.45) is 0.268. The van der Waals surface area contributed by atoms with Crippen LogP contribution in [0.15, 0.2) is 36.4 Å². The first-order valence-electron chi connectivity index (χ1n) is 8.52. The minimum atomic E-state index is -0.0570. The van der Waals surface area contributed by atoms with E-state index >= 15 is 0 Å². The molecule has 2 aromatic rings. The first kappa shape index (κ1) is 17.8. The highest BCUT2D eigenvalue weighted by Crippen LogP contribution is 2.28. The maximum absolute atomic E-state index is 12.4. The molecule has 4 nitrogen and oxygen atoms in total. The van der Waals surface area contributed by atoms with E-state index in [0.29, 0.717) is 5.02 Å². The first-order valence-corrected chi connectivity index (χ1v) is 8.89. The number of aryl methyl sites for hydroxylation is 2. The van der Waals surface area contributed by atoms with E-state index in [1.54, 1.807) is 6.07 Å². The Hall–Kier alpha value is -2.04. The molecular weight excluding hydrogens is 336 g/mol.